The largest absolute Gasteiger partial charge is 0.507 e. The molecular formula is C25H19Cl2NO3. The molecule has 0 aromatic heterocycles. The van der Waals surface area contributed by atoms with Gasteiger partial charge in [0.2, 0.25) is 0 Å². The molecule has 1 heterocycles. The first-order valence-corrected chi connectivity index (χ1v) is 10.5. The average molecular weight is 452 g/mol. The Hall–Kier alpha value is -3.08. The molecule has 4 rings (SSSR count). The Kier molecular flexibility index (Phi) is 5.86. The van der Waals surface area contributed by atoms with Gasteiger partial charge in [-0.05, 0) is 30.2 Å². The van der Waals surface area contributed by atoms with Crippen molar-refractivity contribution >= 4 is 40.7 Å². The number of carbonyl (C=O) groups is 2. The van der Waals surface area contributed by atoms with Crippen molar-refractivity contribution in [3.63, 3.8) is 0 Å². The number of hydrogen-bond donors (Lipinski definition) is 1. The molecule has 6 heteroatoms. The van der Waals surface area contributed by atoms with Gasteiger partial charge in [-0.3, -0.25) is 9.59 Å². The van der Waals surface area contributed by atoms with Gasteiger partial charge in [0.15, 0.2) is 0 Å². The van der Waals surface area contributed by atoms with Crippen LogP contribution in [-0.2, 0) is 16.1 Å². The van der Waals surface area contributed by atoms with E-state index in [0.717, 1.165) is 11.1 Å². The fourth-order valence-electron chi connectivity index (χ4n) is 3.72. The molecule has 1 aliphatic rings. The molecule has 3 aromatic carbocycles. The van der Waals surface area contributed by atoms with Crippen molar-refractivity contribution < 1.29 is 14.7 Å². The predicted molar refractivity (Wildman–Crippen MR) is 122 cm³/mol. The molecule has 1 N–H and O–H groups in total. The summed E-state index contributed by atoms with van der Waals surface area (Å²) in [5, 5.41) is 11.7. The number of ketones is 1. The zero-order valence-corrected chi connectivity index (χ0v) is 18.2. The molecule has 1 aliphatic heterocycles. The highest BCUT2D eigenvalue weighted by molar-refractivity contribution is 6.46. The van der Waals surface area contributed by atoms with Gasteiger partial charge < -0.3 is 10.0 Å². The average Bonchev–Trinajstić information content (AvgIpc) is 3.01. The van der Waals surface area contributed by atoms with Gasteiger partial charge in [0, 0.05) is 12.1 Å². The number of likely N-dealkylation sites (tertiary alicyclic amines) is 1. The molecule has 3 aromatic rings. The smallest absolute Gasteiger partial charge is 0.295 e. The van der Waals surface area contributed by atoms with Crippen LogP contribution in [0.2, 0.25) is 10.0 Å². The van der Waals surface area contributed by atoms with Crippen LogP contribution in [0.15, 0.2) is 78.4 Å². The Morgan fingerprint density at radius 2 is 1.61 bits per heavy atom. The van der Waals surface area contributed by atoms with Crippen LogP contribution in [0.3, 0.4) is 0 Å². The van der Waals surface area contributed by atoms with Crippen LogP contribution in [-0.4, -0.2) is 21.7 Å². The van der Waals surface area contributed by atoms with Gasteiger partial charge in [0.25, 0.3) is 11.7 Å². The quantitative estimate of drug-likeness (QED) is 0.304. The lowest BCUT2D eigenvalue weighted by Crippen LogP contribution is -2.29. The minimum Gasteiger partial charge on any atom is -0.507 e. The Balaban J connectivity index is 1.88. The van der Waals surface area contributed by atoms with Crippen molar-refractivity contribution in [3.05, 3.63) is 111 Å². The Morgan fingerprint density at radius 1 is 0.935 bits per heavy atom. The fraction of sp³-hybridized carbons (Fsp3) is 0.120. The maximum absolute atomic E-state index is 13.1. The van der Waals surface area contributed by atoms with Crippen molar-refractivity contribution in [3.8, 4) is 0 Å². The summed E-state index contributed by atoms with van der Waals surface area (Å²) in [5.41, 5.74) is 2.97. The summed E-state index contributed by atoms with van der Waals surface area (Å²) in [6, 6.07) is 20.7. The number of aryl methyl sites for hydroxylation is 1. The minimum atomic E-state index is -0.795. The number of aliphatic hydroxyl groups is 1. The second-order valence-corrected chi connectivity index (χ2v) is 8.27. The number of amides is 1. The number of aliphatic hydroxyl groups excluding tert-OH is 1. The van der Waals surface area contributed by atoms with Gasteiger partial charge in [0.1, 0.15) is 5.76 Å². The first-order chi connectivity index (χ1) is 14.9. The number of carbonyl (C=O) groups excluding carboxylic acids is 2. The van der Waals surface area contributed by atoms with E-state index in [0.29, 0.717) is 21.2 Å². The van der Waals surface area contributed by atoms with Crippen molar-refractivity contribution in [1.29, 1.82) is 0 Å². The zero-order valence-electron chi connectivity index (χ0n) is 16.7. The molecule has 0 aliphatic carbocycles. The van der Waals surface area contributed by atoms with E-state index >= 15 is 0 Å². The number of rotatable bonds is 4. The van der Waals surface area contributed by atoms with Crippen molar-refractivity contribution in [2.45, 2.75) is 19.5 Å². The van der Waals surface area contributed by atoms with E-state index in [2.05, 4.69) is 0 Å². The van der Waals surface area contributed by atoms with Crippen molar-refractivity contribution in [1.82, 2.24) is 4.90 Å². The number of benzene rings is 3. The molecule has 31 heavy (non-hydrogen) atoms. The number of halogens is 2. The molecule has 0 radical (unpaired) electrons. The second kappa shape index (κ2) is 8.58. The normalized spacial score (nSPS) is 17.9. The third-order valence-corrected chi connectivity index (χ3v) is 6.06. The van der Waals surface area contributed by atoms with Crippen molar-refractivity contribution in [2.75, 3.05) is 0 Å². The maximum atomic E-state index is 13.1. The van der Waals surface area contributed by atoms with Crippen LogP contribution in [0.5, 0.6) is 0 Å². The van der Waals surface area contributed by atoms with Gasteiger partial charge in [0.05, 0.1) is 21.7 Å². The van der Waals surface area contributed by atoms with Gasteiger partial charge in [-0.15, -0.1) is 0 Å². The van der Waals surface area contributed by atoms with Gasteiger partial charge in [-0.1, -0.05) is 89.4 Å². The fourth-order valence-corrected chi connectivity index (χ4v) is 4.03. The first-order valence-electron chi connectivity index (χ1n) is 9.71. The molecule has 0 saturated carbocycles. The van der Waals surface area contributed by atoms with Gasteiger partial charge >= 0.3 is 0 Å². The monoisotopic (exact) mass is 451 g/mol. The van der Waals surface area contributed by atoms with E-state index in [-0.39, 0.29) is 17.9 Å². The van der Waals surface area contributed by atoms with Crippen molar-refractivity contribution in [2.24, 2.45) is 0 Å². The van der Waals surface area contributed by atoms with E-state index in [4.69, 9.17) is 23.2 Å². The summed E-state index contributed by atoms with van der Waals surface area (Å²) >= 11 is 12.3. The predicted octanol–water partition coefficient (Wildman–Crippen LogP) is 5.92. The van der Waals surface area contributed by atoms with E-state index in [9.17, 15) is 14.7 Å². The van der Waals surface area contributed by atoms with Crippen LogP contribution in [0.25, 0.3) is 5.76 Å². The number of nitrogens with zero attached hydrogens (tertiary/aromatic N) is 1. The maximum Gasteiger partial charge on any atom is 0.295 e. The van der Waals surface area contributed by atoms with Gasteiger partial charge in [-0.2, -0.15) is 0 Å². The third kappa shape index (κ3) is 4.09. The first kappa shape index (κ1) is 21.2. The van der Waals surface area contributed by atoms with Gasteiger partial charge in [-0.25, -0.2) is 0 Å². The summed E-state index contributed by atoms with van der Waals surface area (Å²) in [4.78, 5) is 27.5. The molecule has 0 spiro atoms. The molecule has 1 fully saturated rings. The Morgan fingerprint density at radius 3 is 2.26 bits per heavy atom. The highest BCUT2D eigenvalue weighted by atomic mass is 35.5. The van der Waals surface area contributed by atoms with E-state index < -0.39 is 17.7 Å². The Labute approximate surface area is 190 Å². The lowest BCUT2D eigenvalue weighted by atomic mass is 9.95. The standard InChI is InChI=1S/C25H19Cl2NO3/c1-15-7-9-17(10-8-15)23(29)21-22(18-11-12-19(26)20(27)13-18)28(25(31)24(21)30)14-16-5-3-2-4-6-16/h2-13,22,29H,14H2,1H3. The molecule has 0 bridgehead atoms. The summed E-state index contributed by atoms with van der Waals surface area (Å²) in [5.74, 6) is -1.62. The summed E-state index contributed by atoms with van der Waals surface area (Å²) in [7, 11) is 0. The minimum absolute atomic E-state index is 0.0307. The molecule has 1 atom stereocenters. The summed E-state index contributed by atoms with van der Waals surface area (Å²) < 4.78 is 0. The molecule has 156 valence electrons. The lowest BCUT2D eigenvalue weighted by molar-refractivity contribution is -0.140. The lowest BCUT2D eigenvalue weighted by Gasteiger charge is -2.25. The zero-order chi connectivity index (χ0) is 22.1. The topological polar surface area (TPSA) is 57.6 Å². The number of Topliss-reactive ketones (excluding diaryl/α,β-unsaturated/α-hetero) is 1. The molecule has 1 saturated heterocycles. The molecular weight excluding hydrogens is 433 g/mol. The van der Waals surface area contributed by atoms with E-state index in [1.807, 2.05) is 49.4 Å². The SMILES string of the molecule is Cc1ccc(C(O)=C2C(=O)C(=O)N(Cc3ccccc3)C2c2ccc(Cl)c(Cl)c2)cc1. The van der Waals surface area contributed by atoms with Crippen LogP contribution < -0.4 is 0 Å². The Bertz CT molecular complexity index is 1190. The van der Waals surface area contributed by atoms with Crippen LogP contribution >= 0.6 is 23.2 Å². The van der Waals surface area contributed by atoms with E-state index in [1.54, 1.807) is 30.3 Å². The van der Waals surface area contributed by atoms with E-state index in [1.165, 1.54) is 4.90 Å². The van der Waals surface area contributed by atoms with Crippen LogP contribution in [0.4, 0.5) is 0 Å². The second-order valence-electron chi connectivity index (χ2n) is 7.45. The molecule has 4 nitrogen and oxygen atoms in total. The molecule has 1 unspecified atom stereocenters. The third-order valence-electron chi connectivity index (χ3n) is 5.32. The molecule has 1 amide bonds. The number of hydrogen-bond acceptors (Lipinski definition) is 3. The highest BCUT2D eigenvalue weighted by Crippen LogP contribution is 2.41. The highest BCUT2D eigenvalue weighted by Gasteiger charge is 2.46. The summed E-state index contributed by atoms with van der Waals surface area (Å²) in [6.07, 6.45) is 0. The summed E-state index contributed by atoms with van der Waals surface area (Å²) in [6.45, 7) is 2.14. The van der Waals surface area contributed by atoms with Crippen LogP contribution in [0, 0.1) is 6.92 Å². The van der Waals surface area contributed by atoms with Crippen LogP contribution in [0.1, 0.15) is 28.3 Å².